The second kappa shape index (κ2) is 7.00. The van der Waals surface area contributed by atoms with Crippen LogP contribution < -0.4 is 5.32 Å². The first-order valence-electron chi connectivity index (χ1n) is 8.66. The molecule has 2 N–H and O–H groups in total. The fourth-order valence-electron chi connectivity index (χ4n) is 3.29. The molecule has 3 aromatic rings. The maximum Gasteiger partial charge on any atom is 0.189 e. The highest BCUT2D eigenvalue weighted by Gasteiger charge is 2.29. The van der Waals surface area contributed by atoms with Crippen molar-refractivity contribution >= 4 is 28.9 Å². The topological polar surface area (TPSA) is 79.4 Å². The second-order valence-corrected chi connectivity index (χ2v) is 9.03. The van der Waals surface area contributed by atoms with Crippen molar-refractivity contribution in [2.24, 2.45) is 5.41 Å². The van der Waals surface area contributed by atoms with E-state index in [4.69, 9.17) is 4.98 Å². The van der Waals surface area contributed by atoms with Crippen LogP contribution >= 0.6 is 23.1 Å². The van der Waals surface area contributed by atoms with E-state index in [1.165, 1.54) is 17.7 Å². The lowest BCUT2D eigenvalue weighted by Crippen LogP contribution is -2.22. The van der Waals surface area contributed by atoms with Gasteiger partial charge in [-0.2, -0.15) is 5.10 Å². The number of fused-ring (bicyclic) bond motifs is 1. The van der Waals surface area contributed by atoms with Crippen LogP contribution in [0.5, 0.6) is 0 Å². The summed E-state index contributed by atoms with van der Waals surface area (Å²) in [6, 6.07) is 1.99. The highest BCUT2D eigenvalue weighted by Crippen LogP contribution is 2.37. The summed E-state index contributed by atoms with van der Waals surface area (Å²) in [6.45, 7) is 5.29. The number of nitrogens with zero attached hydrogens (tertiary/aromatic N) is 4. The Morgan fingerprint density at radius 2 is 2.23 bits per heavy atom. The van der Waals surface area contributed by atoms with Gasteiger partial charge in [-0.05, 0) is 30.9 Å². The number of hydrogen-bond donors (Lipinski definition) is 2. The van der Waals surface area contributed by atoms with E-state index < -0.39 is 0 Å². The molecule has 8 heteroatoms. The monoisotopic (exact) mass is 386 g/mol. The zero-order chi connectivity index (χ0) is 18.1. The van der Waals surface area contributed by atoms with Gasteiger partial charge < -0.3 is 5.32 Å². The molecule has 0 spiro atoms. The SMILES string of the molecule is CSc1nc(NCc2nccs2)cc(-c2n[nH]c3c2CCC(C)(C)C3)n1. The van der Waals surface area contributed by atoms with E-state index in [1.54, 1.807) is 23.1 Å². The fourth-order valence-corrected chi connectivity index (χ4v) is 4.23. The van der Waals surface area contributed by atoms with Crippen molar-refractivity contribution in [2.45, 2.75) is 44.8 Å². The summed E-state index contributed by atoms with van der Waals surface area (Å²) in [5, 5.41) is 15.0. The van der Waals surface area contributed by atoms with Gasteiger partial charge in [0.15, 0.2) is 5.16 Å². The summed E-state index contributed by atoms with van der Waals surface area (Å²) in [6.07, 6.45) is 7.05. The molecule has 1 aliphatic carbocycles. The Balaban J connectivity index is 1.64. The highest BCUT2D eigenvalue weighted by atomic mass is 32.2. The molecule has 0 bridgehead atoms. The average Bonchev–Trinajstić information content (AvgIpc) is 3.28. The fraction of sp³-hybridized carbons (Fsp3) is 0.444. The largest absolute Gasteiger partial charge is 0.363 e. The summed E-state index contributed by atoms with van der Waals surface area (Å²) in [7, 11) is 0. The van der Waals surface area contributed by atoms with Gasteiger partial charge >= 0.3 is 0 Å². The molecule has 1 aliphatic rings. The van der Waals surface area contributed by atoms with Crippen molar-refractivity contribution in [1.82, 2.24) is 25.1 Å². The molecule has 26 heavy (non-hydrogen) atoms. The van der Waals surface area contributed by atoms with Crippen LogP contribution in [0.3, 0.4) is 0 Å². The van der Waals surface area contributed by atoms with E-state index in [1.807, 2.05) is 23.9 Å². The number of aromatic amines is 1. The van der Waals surface area contributed by atoms with E-state index in [0.29, 0.717) is 12.0 Å². The van der Waals surface area contributed by atoms with Gasteiger partial charge in [-0.15, -0.1) is 11.3 Å². The zero-order valence-electron chi connectivity index (χ0n) is 15.2. The summed E-state index contributed by atoms with van der Waals surface area (Å²) in [4.78, 5) is 13.6. The van der Waals surface area contributed by atoms with E-state index in [2.05, 4.69) is 39.3 Å². The Bertz CT molecular complexity index is 901. The molecule has 0 unspecified atom stereocenters. The quantitative estimate of drug-likeness (QED) is 0.506. The molecule has 0 radical (unpaired) electrons. The van der Waals surface area contributed by atoms with Crippen molar-refractivity contribution in [3.8, 4) is 11.4 Å². The minimum Gasteiger partial charge on any atom is -0.363 e. The number of aromatic nitrogens is 5. The van der Waals surface area contributed by atoms with Crippen LogP contribution in [0.25, 0.3) is 11.4 Å². The molecule has 0 saturated carbocycles. The number of thiazole rings is 1. The molecule has 3 aromatic heterocycles. The Labute approximate surface area is 161 Å². The summed E-state index contributed by atoms with van der Waals surface area (Å²) in [5.74, 6) is 0.808. The van der Waals surface area contributed by atoms with E-state index in [9.17, 15) is 0 Å². The second-order valence-electron chi connectivity index (χ2n) is 7.27. The first kappa shape index (κ1) is 17.5. The van der Waals surface area contributed by atoms with E-state index in [0.717, 1.165) is 40.2 Å². The lowest BCUT2D eigenvalue weighted by molar-refractivity contribution is 0.312. The Morgan fingerprint density at radius 3 is 3.00 bits per heavy atom. The van der Waals surface area contributed by atoms with Gasteiger partial charge in [0.1, 0.15) is 16.5 Å². The number of thioether (sulfide) groups is 1. The van der Waals surface area contributed by atoms with Crippen molar-refractivity contribution in [1.29, 1.82) is 0 Å². The molecule has 136 valence electrons. The maximum absolute atomic E-state index is 4.70. The maximum atomic E-state index is 4.70. The summed E-state index contributed by atoms with van der Waals surface area (Å²) < 4.78 is 0. The third kappa shape index (κ3) is 3.61. The average molecular weight is 387 g/mol. The smallest absolute Gasteiger partial charge is 0.189 e. The van der Waals surface area contributed by atoms with Gasteiger partial charge in [0.25, 0.3) is 0 Å². The number of anilines is 1. The van der Waals surface area contributed by atoms with Crippen LogP contribution in [0.2, 0.25) is 0 Å². The highest BCUT2D eigenvalue weighted by molar-refractivity contribution is 7.98. The zero-order valence-corrected chi connectivity index (χ0v) is 16.8. The molecule has 0 aromatic carbocycles. The van der Waals surface area contributed by atoms with Crippen molar-refractivity contribution in [3.63, 3.8) is 0 Å². The predicted molar refractivity (Wildman–Crippen MR) is 107 cm³/mol. The van der Waals surface area contributed by atoms with Crippen LogP contribution in [0.15, 0.2) is 22.8 Å². The van der Waals surface area contributed by atoms with Crippen LogP contribution in [-0.4, -0.2) is 31.4 Å². The number of hydrogen-bond acceptors (Lipinski definition) is 7. The van der Waals surface area contributed by atoms with Gasteiger partial charge in [-0.1, -0.05) is 25.6 Å². The number of H-pyrrole nitrogens is 1. The van der Waals surface area contributed by atoms with Gasteiger partial charge in [-0.3, -0.25) is 5.10 Å². The van der Waals surface area contributed by atoms with Crippen LogP contribution in [-0.2, 0) is 19.4 Å². The first-order valence-corrected chi connectivity index (χ1v) is 10.8. The lowest BCUT2D eigenvalue weighted by atomic mass is 9.76. The third-order valence-electron chi connectivity index (χ3n) is 4.69. The molecule has 6 nitrogen and oxygen atoms in total. The van der Waals surface area contributed by atoms with Crippen molar-refractivity contribution in [2.75, 3.05) is 11.6 Å². The molecular formula is C18H22N6S2. The molecule has 0 fully saturated rings. The van der Waals surface area contributed by atoms with Crippen molar-refractivity contribution < 1.29 is 0 Å². The molecule has 0 amide bonds. The Morgan fingerprint density at radius 1 is 1.35 bits per heavy atom. The third-order valence-corrected chi connectivity index (χ3v) is 6.02. The standard InChI is InChI=1S/C18H22N6S2/c1-18(2)5-4-11-13(9-18)23-24-16(11)12-8-14(22-17(21-12)25-3)20-10-15-19-6-7-26-15/h6-8H,4-5,9-10H2,1-3H3,(H,23,24)(H,20,21,22). The van der Waals surface area contributed by atoms with Crippen molar-refractivity contribution in [3.05, 3.63) is 33.9 Å². The normalized spacial score (nSPS) is 15.7. The lowest BCUT2D eigenvalue weighted by Gasteiger charge is -2.29. The molecule has 0 aliphatic heterocycles. The summed E-state index contributed by atoms with van der Waals surface area (Å²) >= 11 is 3.17. The number of nitrogens with one attached hydrogen (secondary N) is 2. The summed E-state index contributed by atoms with van der Waals surface area (Å²) in [5.41, 5.74) is 4.72. The molecule has 0 saturated heterocycles. The molecule has 3 heterocycles. The van der Waals surface area contributed by atoms with Gasteiger partial charge in [0.05, 0.1) is 12.2 Å². The number of rotatable bonds is 5. The van der Waals surface area contributed by atoms with E-state index in [-0.39, 0.29) is 0 Å². The Kier molecular flexibility index (Phi) is 4.71. The van der Waals surface area contributed by atoms with Gasteiger partial charge in [0.2, 0.25) is 0 Å². The first-order chi connectivity index (χ1) is 12.5. The Hall–Kier alpha value is -1.93. The molecular weight excluding hydrogens is 364 g/mol. The van der Waals surface area contributed by atoms with Crippen LogP contribution in [0.1, 0.15) is 36.5 Å². The minimum absolute atomic E-state index is 0.327. The van der Waals surface area contributed by atoms with Crippen LogP contribution in [0.4, 0.5) is 5.82 Å². The van der Waals surface area contributed by atoms with Gasteiger partial charge in [-0.25, -0.2) is 15.0 Å². The van der Waals surface area contributed by atoms with Crippen LogP contribution in [0, 0.1) is 5.41 Å². The van der Waals surface area contributed by atoms with E-state index >= 15 is 0 Å². The molecule has 4 rings (SSSR count). The predicted octanol–water partition coefficient (Wildman–Crippen LogP) is 4.17. The van der Waals surface area contributed by atoms with Gasteiger partial charge in [0, 0.05) is 28.9 Å². The molecule has 0 atom stereocenters. The minimum atomic E-state index is 0.327.